The van der Waals surface area contributed by atoms with Gasteiger partial charge in [0.25, 0.3) is 12.3 Å². The van der Waals surface area contributed by atoms with E-state index in [9.17, 15) is 18.4 Å². The van der Waals surface area contributed by atoms with Gasteiger partial charge in [0.05, 0.1) is 17.7 Å². The van der Waals surface area contributed by atoms with Crippen LogP contribution < -0.4 is 15.4 Å². The number of carbonyl (C=O) groups is 2. The van der Waals surface area contributed by atoms with E-state index in [0.717, 1.165) is 25.7 Å². The predicted molar refractivity (Wildman–Crippen MR) is 145 cm³/mol. The number of rotatable bonds is 10. The fraction of sp³-hybridized carbons (Fsp3) is 0.517. The first-order chi connectivity index (χ1) is 19.2. The van der Waals surface area contributed by atoms with Gasteiger partial charge in [0.15, 0.2) is 0 Å². The van der Waals surface area contributed by atoms with Crippen LogP contribution >= 0.6 is 0 Å². The van der Waals surface area contributed by atoms with E-state index >= 15 is 0 Å². The number of H-pyrrole nitrogens is 1. The summed E-state index contributed by atoms with van der Waals surface area (Å²) in [5, 5.41) is 6.14. The van der Waals surface area contributed by atoms with Gasteiger partial charge in [-0.2, -0.15) is 0 Å². The van der Waals surface area contributed by atoms with Crippen LogP contribution in [0.2, 0.25) is 0 Å². The standard InChI is InChI=1S/C29H35F2N5O4/c1-15-10-19(7-8-21(15)36-23(37)13-39-3)35-29(38)24-16(2)34-27-25(32-14-33-26(24)27)20-11-18(28(30)31)6-9-22(20)40-12-17-4-5-17/h6,9,11,14-15,17,19,21,28,34H,4-5,7-8,10,12-13H2,1-3H3,(H,35,38)(H,36,37)/t15-,19-,21+/m1/s1. The van der Waals surface area contributed by atoms with Crippen molar-refractivity contribution in [2.75, 3.05) is 20.3 Å². The molecule has 11 heteroatoms. The molecule has 0 radical (unpaired) electrons. The van der Waals surface area contributed by atoms with Crippen LogP contribution in [0, 0.1) is 18.8 Å². The fourth-order valence-corrected chi connectivity index (χ4v) is 5.47. The molecule has 2 aliphatic carbocycles. The van der Waals surface area contributed by atoms with Crippen LogP contribution in [0.1, 0.15) is 67.1 Å². The number of aryl methyl sites for hydroxylation is 1. The highest BCUT2D eigenvalue weighted by atomic mass is 19.3. The first kappa shape index (κ1) is 27.9. The summed E-state index contributed by atoms with van der Waals surface area (Å²) in [7, 11) is 1.48. The van der Waals surface area contributed by atoms with Gasteiger partial charge in [-0.15, -0.1) is 0 Å². The highest BCUT2D eigenvalue weighted by Gasteiger charge is 2.31. The van der Waals surface area contributed by atoms with Gasteiger partial charge in [0.2, 0.25) is 5.91 Å². The Morgan fingerprint density at radius 1 is 1.15 bits per heavy atom. The Kier molecular flexibility index (Phi) is 8.30. The van der Waals surface area contributed by atoms with Crippen molar-refractivity contribution in [3.8, 4) is 17.0 Å². The zero-order valence-corrected chi connectivity index (χ0v) is 22.9. The third-order valence-electron chi connectivity index (χ3n) is 7.81. The number of aromatic nitrogens is 3. The number of hydrogen-bond acceptors (Lipinski definition) is 6. The number of carbonyl (C=O) groups excluding carboxylic acids is 2. The molecule has 3 N–H and O–H groups in total. The van der Waals surface area contributed by atoms with E-state index in [2.05, 4.69) is 32.5 Å². The Hall–Kier alpha value is -3.60. The molecule has 0 bridgehead atoms. The average molecular weight is 556 g/mol. The Balaban J connectivity index is 1.38. The molecular formula is C29H35F2N5O4. The molecule has 2 saturated carbocycles. The monoisotopic (exact) mass is 555 g/mol. The van der Waals surface area contributed by atoms with Gasteiger partial charge in [-0.1, -0.05) is 6.92 Å². The van der Waals surface area contributed by atoms with E-state index < -0.39 is 6.43 Å². The molecule has 5 rings (SSSR count). The minimum absolute atomic E-state index is 0.0215. The summed E-state index contributed by atoms with van der Waals surface area (Å²) in [4.78, 5) is 37.5. The number of hydrogen-bond donors (Lipinski definition) is 3. The van der Waals surface area contributed by atoms with E-state index in [-0.39, 0.29) is 42.0 Å². The second-order valence-corrected chi connectivity index (χ2v) is 10.9. The lowest BCUT2D eigenvalue weighted by molar-refractivity contribution is -0.126. The summed E-state index contributed by atoms with van der Waals surface area (Å²) < 4.78 is 38.1. The second kappa shape index (κ2) is 11.9. The highest BCUT2D eigenvalue weighted by molar-refractivity contribution is 6.09. The van der Waals surface area contributed by atoms with Gasteiger partial charge < -0.3 is 25.1 Å². The molecular weight excluding hydrogens is 520 g/mol. The molecule has 0 unspecified atom stereocenters. The molecule has 0 aliphatic heterocycles. The average Bonchev–Trinajstić information content (AvgIpc) is 3.68. The number of aromatic amines is 1. The first-order valence-electron chi connectivity index (χ1n) is 13.7. The van der Waals surface area contributed by atoms with Gasteiger partial charge in [-0.3, -0.25) is 9.59 Å². The quantitative estimate of drug-likeness (QED) is 0.334. The summed E-state index contributed by atoms with van der Waals surface area (Å²) in [6, 6.07) is 4.30. The molecule has 1 aromatic carbocycles. The molecule has 3 atom stereocenters. The lowest BCUT2D eigenvalue weighted by Crippen LogP contribution is -2.48. The number of methoxy groups -OCH3 is 1. The topological polar surface area (TPSA) is 118 Å². The molecule has 2 aliphatic rings. The van der Waals surface area contributed by atoms with Crippen LogP contribution in [0.3, 0.4) is 0 Å². The van der Waals surface area contributed by atoms with Crippen LogP contribution in [-0.2, 0) is 9.53 Å². The minimum atomic E-state index is -2.65. The number of nitrogens with one attached hydrogen (secondary N) is 3. The van der Waals surface area contributed by atoms with Crippen molar-refractivity contribution in [2.45, 2.75) is 64.5 Å². The second-order valence-electron chi connectivity index (χ2n) is 10.9. The molecule has 3 aromatic rings. The first-order valence-corrected chi connectivity index (χ1v) is 13.7. The Bertz CT molecular complexity index is 1390. The number of amides is 2. The number of halogens is 2. The fourth-order valence-electron chi connectivity index (χ4n) is 5.47. The zero-order chi connectivity index (χ0) is 28.4. The number of alkyl halides is 2. The van der Waals surface area contributed by atoms with Gasteiger partial charge in [-0.25, -0.2) is 18.7 Å². The van der Waals surface area contributed by atoms with E-state index in [1.54, 1.807) is 13.0 Å². The van der Waals surface area contributed by atoms with Crippen molar-refractivity contribution < 1.29 is 27.8 Å². The van der Waals surface area contributed by atoms with Crippen LogP contribution in [0.25, 0.3) is 22.3 Å². The molecule has 2 amide bonds. The third kappa shape index (κ3) is 6.09. The van der Waals surface area contributed by atoms with Crippen molar-refractivity contribution in [2.24, 2.45) is 11.8 Å². The maximum absolute atomic E-state index is 13.6. The lowest BCUT2D eigenvalue weighted by Gasteiger charge is -2.35. The zero-order valence-electron chi connectivity index (χ0n) is 22.9. The summed E-state index contributed by atoms with van der Waals surface area (Å²) >= 11 is 0. The molecule has 2 aromatic heterocycles. The van der Waals surface area contributed by atoms with Crippen LogP contribution in [0.4, 0.5) is 8.78 Å². The number of benzene rings is 1. The molecule has 9 nitrogen and oxygen atoms in total. The highest BCUT2D eigenvalue weighted by Crippen LogP contribution is 2.38. The molecule has 0 saturated heterocycles. The maximum atomic E-state index is 13.6. The molecule has 40 heavy (non-hydrogen) atoms. The molecule has 2 fully saturated rings. The SMILES string of the molecule is COCC(=O)N[C@H]1CC[C@@H](NC(=O)c2c(C)[nH]c3c(-c4cc(C(F)F)ccc4OCC4CC4)ncnc23)C[C@H]1C. The van der Waals surface area contributed by atoms with Gasteiger partial charge in [-0.05, 0) is 69.1 Å². The minimum Gasteiger partial charge on any atom is -0.493 e. The van der Waals surface area contributed by atoms with Crippen LogP contribution in [-0.4, -0.2) is 59.2 Å². The van der Waals surface area contributed by atoms with Gasteiger partial charge in [0.1, 0.15) is 29.9 Å². The number of ether oxygens (including phenoxy) is 2. The van der Waals surface area contributed by atoms with Crippen molar-refractivity contribution in [1.82, 2.24) is 25.6 Å². The van der Waals surface area contributed by atoms with Crippen molar-refractivity contribution in [3.63, 3.8) is 0 Å². The third-order valence-corrected chi connectivity index (χ3v) is 7.81. The summed E-state index contributed by atoms with van der Waals surface area (Å²) in [6.45, 7) is 4.38. The molecule has 0 spiro atoms. The molecule has 214 valence electrons. The number of nitrogens with zero attached hydrogens (tertiary/aromatic N) is 2. The normalized spacial score (nSPS) is 21.0. The summed E-state index contributed by atoms with van der Waals surface area (Å²) in [5.74, 6) is 0.716. The number of fused-ring (bicyclic) bond motifs is 1. The van der Waals surface area contributed by atoms with Crippen LogP contribution in [0.5, 0.6) is 5.75 Å². The largest absolute Gasteiger partial charge is 0.493 e. The van der Waals surface area contributed by atoms with E-state index in [0.29, 0.717) is 58.2 Å². The van der Waals surface area contributed by atoms with E-state index in [1.807, 2.05) is 0 Å². The van der Waals surface area contributed by atoms with E-state index in [4.69, 9.17) is 9.47 Å². The smallest absolute Gasteiger partial charge is 0.263 e. The summed E-state index contributed by atoms with van der Waals surface area (Å²) in [6.07, 6.45) is 3.07. The van der Waals surface area contributed by atoms with Gasteiger partial charge >= 0.3 is 0 Å². The van der Waals surface area contributed by atoms with Crippen molar-refractivity contribution in [3.05, 3.63) is 41.3 Å². The Morgan fingerprint density at radius 3 is 2.65 bits per heavy atom. The molecule has 2 heterocycles. The van der Waals surface area contributed by atoms with Crippen molar-refractivity contribution >= 4 is 22.8 Å². The maximum Gasteiger partial charge on any atom is 0.263 e. The van der Waals surface area contributed by atoms with Crippen LogP contribution in [0.15, 0.2) is 24.5 Å². The lowest BCUT2D eigenvalue weighted by atomic mass is 9.82. The van der Waals surface area contributed by atoms with Crippen molar-refractivity contribution in [1.29, 1.82) is 0 Å². The Labute approximate surface area is 231 Å². The summed E-state index contributed by atoms with van der Waals surface area (Å²) in [5.41, 5.74) is 2.61. The van der Waals surface area contributed by atoms with Gasteiger partial charge in [0, 0.05) is 36.0 Å². The predicted octanol–water partition coefficient (Wildman–Crippen LogP) is 4.71. The van der Waals surface area contributed by atoms with E-state index in [1.165, 1.54) is 25.6 Å². The Morgan fingerprint density at radius 2 is 1.95 bits per heavy atom.